The van der Waals surface area contributed by atoms with Gasteiger partial charge in [0.2, 0.25) is 0 Å². The van der Waals surface area contributed by atoms with Crippen molar-refractivity contribution in [2.24, 2.45) is 5.73 Å². The Kier molecular flexibility index (Phi) is 1.35. The van der Waals surface area contributed by atoms with E-state index < -0.39 is 6.09 Å². The van der Waals surface area contributed by atoms with Crippen LogP contribution >= 0.6 is 0 Å². The van der Waals surface area contributed by atoms with Crippen LogP contribution in [-0.2, 0) is 4.74 Å². The highest BCUT2D eigenvalue weighted by molar-refractivity contribution is 5.65. The summed E-state index contributed by atoms with van der Waals surface area (Å²) in [5.41, 5.74) is 4.60. The molecule has 9 heavy (non-hydrogen) atoms. The van der Waals surface area contributed by atoms with Crippen LogP contribution in [0.25, 0.3) is 0 Å². The normalized spacial score (nSPS) is 22.3. The lowest BCUT2D eigenvalue weighted by atomic mass is 9.82. The van der Waals surface area contributed by atoms with Gasteiger partial charge in [0.05, 0.1) is 0 Å². The first-order chi connectivity index (χ1) is 4.12. The Morgan fingerprint density at radius 2 is 2.22 bits per heavy atom. The first kappa shape index (κ1) is 6.39. The minimum atomic E-state index is -0.655. The number of carbonyl (C=O) groups is 1. The monoisotopic (exact) mass is 129 g/mol. The van der Waals surface area contributed by atoms with Gasteiger partial charge in [-0.2, -0.15) is 0 Å². The zero-order valence-electron chi connectivity index (χ0n) is 5.52. The number of ether oxygens (including phenoxy) is 1. The molecule has 0 aromatic carbocycles. The molecule has 0 bridgehead atoms. The highest BCUT2D eigenvalue weighted by Gasteiger charge is 2.34. The van der Waals surface area contributed by atoms with E-state index in [-0.39, 0.29) is 5.60 Å². The summed E-state index contributed by atoms with van der Waals surface area (Å²) in [7, 11) is 0. The Balaban J connectivity index is 2.33. The number of hydrogen-bond donors (Lipinski definition) is 1. The van der Waals surface area contributed by atoms with Crippen LogP contribution in [0.1, 0.15) is 26.2 Å². The molecule has 1 amide bonds. The quantitative estimate of drug-likeness (QED) is 0.574. The first-order valence-corrected chi connectivity index (χ1v) is 3.11. The van der Waals surface area contributed by atoms with Crippen LogP contribution in [0.15, 0.2) is 0 Å². The van der Waals surface area contributed by atoms with Crippen LogP contribution in [-0.4, -0.2) is 11.7 Å². The number of hydrogen-bond acceptors (Lipinski definition) is 2. The molecule has 3 nitrogen and oxygen atoms in total. The van der Waals surface area contributed by atoms with Crippen molar-refractivity contribution in [3.05, 3.63) is 0 Å². The lowest BCUT2D eigenvalue weighted by molar-refractivity contribution is -0.0278. The van der Waals surface area contributed by atoms with E-state index in [0.717, 1.165) is 19.3 Å². The Morgan fingerprint density at radius 1 is 1.67 bits per heavy atom. The fourth-order valence-corrected chi connectivity index (χ4v) is 1.02. The molecule has 0 heterocycles. The molecule has 52 valence electrons. The van der Waals surface area contributed by atoms with Gasteiger partial charge in [0.1, 0.15) is 5.60 Å². The first-order valence-electron chi connectivity index (χ1n) is 3.11. The van der Waals surface area contributed by atoms with Gasteiger partial charge in [0.25, 0.3) is 0 Å². The SMILES string of the molecule is CC1(OC(N)=O)CCC1. The van der Waals surface area contributed by atoms with Crippen LogP contribution in [0.4, 0.5) is 4.79 Å². The molecule has 1 fully saturated rings. The summed E-state index contributed by atoms with van der Waals surface area (Å²) in [5.74, 6) is 0. The Labute approximate surface area is 54.2 Å². The van der Waals surface area contributed by atoms with Crippen molar-refractivity contribution in [2.45, 2.75) is 31.8 Å². The lowest BCUT2D eigenvalue weighted by Gasteiger charge is -2.36. The van der Waals surface area contributed by atoms with Crippen molar-refractivity contribution in [2.75, 3.05) is 0 Å². The molecule has 0 radical (unpaired) electrons. The Morgan fingerprint density at radius 3 is 2.33 bits per heavy atom. The van der Waals surface area contributed by atoms with Gasteiger partial charge in [-0.25, -0.2) is 4.79 Å². The molecule has 3 heteroatoms. The van der Waals surface area contributed by atoms with E-state index in [4.69, 9.17) is 10.5 Å². The molecule has 1 aliphatic rings. The van der Waals surface area contributed by atoms with Crippen LogP contribution in [0.3, 0.4) is 0 Å². The number of primary amides is 1. The van der Waals surface area contributed by atoms with E-state index in [1.165, 1.54) is 0 Å². The summed E-state index contributed by atoms with van der Waals surface area (Å²) in [5, 5.41) is 0. The highest BCUT2D eigenvalue weighted by atomic mass is 16.6. The van der Waals surface area contributed by atoms with Gasteiger partial charge in [-0.05, 0) is 26.2 Å². The second-order valence-corrected chi connectivity index (χ2v) is 2.72. The molecule has 0 saturated heterocycles. The molecular formula is C6H11NO2. The molecule has 0 aromatic heterocycles. The smallest absolute Gasteiger partial charge is 0.405 e. The van der Waals surface area contributed by atoms with E-state index in [0.29, 0.717) is 0 Å². The van der Waals surface area contributed by atoms with E-state index in [9.17, 15) is 4.79 Å². The van der Waals surface area contributed by atoms with E-state index in [2.05, 4.69) is 0 Å². The zero-order chi connectivity index (χ0) is 6.91. The third-order valence-electron chi connectivity index (χ3n) is 1.76. The van der Waals surface area contributed by atoms with E-state index in [1.54, 1.807) is 0 Å². The summed E-state index contributed by atoms with van der Waals surface area (Å²) >= 11 is 0. The van der Waals surface area contributed by atoms with Crippen LogP contribution in [0.5, 0.6) is 0 Å². The topological polar surface area (TPSA) is 52.3 Å². The summed E-state index contributed by atoms with van der Waals surface area (Å²) in [6.45, 7) is 1.90. The molecule has 0 aromatic rings. The maximum absolute atomic E-state index is 10.2. The van der Waals surface area contributed by atoms with Gasteiger partial charge in [-0.1, -0.05) is 0 Å². The highest BCUT2D eigenvalue weighted by Crippen LogP contribution is 2.34. The lowest BCUT2D eigenvalue weighted by Crippen LogP contribution is -2.40. The number of nitrogens with two attached hydrogens (primary N) is 1. The summed E-state index contributed by atoms with van der Waals surface area (Å²) < 4.78 is 4.81. The number of rotatable bonds is 1. The molecule has 1 saturated carbocycles. The van der Waals surface area contributed by atoms with E-state index >= 15 is 0 Å². The summed E-state index contributed by atoms with van der Waals surface area (Å²) in [4.78, 5) is 10.2. The van der Waals surface area contributed by atoms with Gasteiger partial charge in [-0.15, -0.1) is 0 Å². The zero-order valence-corrected chi connectivity index (χ0v) is 5.52. The van der Waals surface area contributed by atoms with Crippen LogP contribution < -0.4 is 5.73 Å². The third kappa shape index (κ3) is 1.34. The second-order valence-electron chi connectivity index (χ2n) is 2.72. The Hall–Kier alpha value is -0.730. The standard InChI is InChI=1S/C6H11NO2/c1-6(3-2-4-6)9-5(7)8/h2-4H2,1H3,(H2,7,8). The summed E-state index contributed by atoms with van der Waals surface area (Å²) in [6.07, 6.45) is 2.40. The fourth-order valence-electron chi connectivity index (χ4n) is 1.02. The van der Waals surface area contributed by atoms with E-state index in [1.807, 2.05) is 6.92 Å². The average Bonchev–Trinajstić information content (AvgIpc) is 1.60. The predicted octanol–water partition coefficient (Wildman–Crippen LogP) is 1.02. The van der Waals surface area contributed by atoms with Crippen molar-refractivity contribution < 1.29 is 9.53 Å². The molecule has 2 N–H and O–H groups in total. The van der Waals surface area contributed by atoms with Crippen LogP contribution in [0.2, 0.25) is 0 Å². The second kappa shape index (κ2) is 1.90. The minimum Gasteiger partial charge on any atom is -0.443 e. The van der Waals surface area contributed by atoms with Crippen molar-refractivity contribution in [1.82, 2.24) is 0 Å². The van der Waals surface area contributed by atoms with Gasteiger partial charge in [0, 0.05) is 0 Å². The number of amides is 1. The molecular weight excluding hydrogens is 118 g/mol. The molecule has 1 rings (SSSR count). The van der Waals surface area contributed by atoms with Crippen LogP contribution in [0, 0.1) is 0 Å². The maximum atomic E-state index is 10.2. The van der Waals surface area contributed by atoms with Gasteiger partial charge < -0.3 is 10.5 Å². The minimum absolute atomic E-state index is 0.230. The van der Waals surface area contributed by atoms with Crippen molar-refractivity contribution in [1.29, 1.82) is 0 Å². The van der Waals surface area contributed by atoms with Gasteiger partial charge in [-0.3, -0.25) is 0 Å². The fraction of sp³-hybridized carbons (Fsp3) is 0.833. The molecule has 0 aliphatic heterocycles. The van der Waals surface area contributed by atoms with Crippen molar-refractivity contribution >= 4 is 6.09 Å². The average molecular weight is 129 g/mol. The number of carbonyl (C=O) groups excluding carboxylic acids is 1. The van der Waals surface area contributed by atoms with Crippen molar-refractivity contribution in [3.63, 3.8) is 0 Å². The largest absolute Gasteiger partial charge is 0.443 e. The van der Waals surface area contributed by atoms with Gasteiger partial charge in [0.15, 0.2) is 0 Å². The third-order valence-corrected chi connectivity index (χ3v) is 1.76. The predicted molar refractivity (Wildman–Crippen MR) is 32.9 cm³/mol. The summed E-state index contributed by atoms with van der Waals surface area (Å²) in [6, 6.07) is 0. The molecule has 0 unspecified atom stereocenters. The molecule has 1 aliphatic carbocycles. The van der Waals surface area contributed by atoms with Gasteiger partial charge >= 0.3 is 6.09 Å². The van der Waals surface area contributed by atoms with Crippen molar-refractivity contribution in [3.8, 4) is 0 Å². The molecule has 0 atom stereocenters. The maximum Gasteiger partial charge on any atom is 0.405 e. The molecule has 0 spiro atoms. The Bertz CT molecular complexity index is 129.